The van der Waals surface area contributed by atoms with Crippen LogP contribution in [0.25, 0.3) is 0 Å². The Morgan fingerprint density at radius 1 is 1.48 bits per heavy atom. The van der Waals surface area contributed by atoms with Crippen LogP contribution in [-0.4, -0.2) is 21.9 Å². The van der Waals surface area contributed by atoms with Crippen LogP contribution in [0, 0.1) is 18.8 Å². The molecule has 0 aliphatic heterocycles. The molecule has 1 amide bonds. The van der Waals surface area contributed by atoms with E-state index in [1.807, 2.05) is 24.3 Å². The summed E-state index contributed by atoms with van der Waals surface area (Å²) in [6.07, 6.45) is 2.07. The third-order valence-corrected chi connectivity index (χ3v) is 4.24. The molecule has 120 valence electrons. The van der Waals surface area contributed by atoms with E-state index < -0.39 is 5.95 Å². The molecule has 1 aromatic heterocycles. The van der Waals surface area contributed by atoms with Gasteiger partial charge in [-0.3, -0.25) is 4.79 Å². The van der Waals surface area contributed by atoms with Gasteiger partial charge in [0.1, 0.15) is 0 Å². The Balaban J connectivity index is 1.58. The third kappa shape index (κ3) is 3.27. The number of hydrogen-bond donors (Lipinski definition) is 1. The van der Waals surface area contributed by atoms with Gasteiger partial charge in [-0.15, -0.1) is 0 Å². The lowest BCUT2D eigenvalue weighted by atomic mass is 10.1. The number of halogens is 2. The van der Waals surface area contributed by atoms with Crippen molar-refractivity contribution in [2.45, 2.75) is 19.3 Å². The second-order valence-corrected chi connectivity index (χ2v) is 6.08. The molecule has 1 aliphatic rings. The fourth-order valence-electron chi connectivity index (χ4n) is 2.60. The average Bonchev–Trinajstić information content (AvgIpc) is 3.27. The largest absolute Gasteiger partial charge is 0.273 e. The van der Waals surface area contributed by atoms with Gasteiger partial charge in [0.2, 0.25) is 11.9 Å². The highest BCUT2D eigenvalue weighted by Gasteiger charge is 2.43. The van der Waals surface area contributed by atoms with E-state index in [0.29, 0.717) is 10.7 Å². The number of carbonyl (C=O) groups is 1. The maximum Gasteiger partial charge on any atom is 0.243 e. The first-order chi connectivity index (χ1) is 11.0. The standard InChI is InChI=1S/C16H16ClFN4O/c1-9-14(15(18)22(2)21-9)8-19-20-16(23)13-7-12(13)10-3-5-11(17)6-4-10/h3-6,8,12-13H,7H2,1-2H3,(H,20,23)/b19-8-/t12-,13+/m1/s1. The second kappa shape index (κ2) is 6.12. The Morgan fingerprint density at radius 3 is 2.78 bits per heavy atom. The molecule has 1 saturated carbocycles. The Kier molecular flexibility index (Phi) is 4.17. The van der Waals surface area contributed by atoms with Crippen molar-refractivity contribution in [3.8, 4) is 0 Å². The molecular weight excluding hydrogens is 319 g/mol. The van der Waals surface area contributed by atoms with E-state index in [9.17, 15) is 9.18 Å². The Hall–Kier alpha value is -2.21. The number of carbonyl (C=O) groups excluding carboxylic acids is 1. The van der Waals surface area contributed by atoms with E-state index in [4.69, 9.17) is 11.6 Å². The van der Waals surface area contributed by atoms with E-state index in [-0.39, 0.29) is 23.3 Å². The minimum Gasteiger partial charge on any atom is -0.273 e. The predicted octanol–water partition coefficient (Wildman–Crippen LogP) is 2.77. The van der Waals surface area contributed by atoms with E-state index in [1.54, 1.807) is 6.92 Å². The Bertz CT molecular complexity index is 769. The van der Waals surface area contributed by atoms with Crippen LogP contribution >= 0.6 is 11.6 Å². The van der Waals surface area contributed by atoms with E-state index >= 15 is 0 Å². The summed E-state index contributed by atoms with van der Waals surface area (Å²) >= 11 is 5.85. The van der Waals surface area contributed by atoms with Crippen molar-refractivity contribution in [1.29, 1.82) is 0 Å². The molecule has 1 aromatic carbocycles. The van der Waals surface area contributed by atoms with Crippen LogP contribution in [-0.2, 0) is 11.8 Å². The Labute approximate surface area is 138 Å². The van der Waals surface area contributed by atoms with E-state index in [2.05, 4.69) is 15.6 Å². The lowest BCUT2D eigenvalue weighted by Gasteiger charge is -2.00. The topological polar surface area (TPSA) is 59.3 Å². The number of hydrazone groups is 1. The fourth-order valence-corrected chi connectivity index (χ4v) is 2.73. The molecule has 2 atom stereocenters. The summed E-state index contributed by atoms with van der Waals surface area (Å²) in [6, 6.07) is 7.49. The molecule has 3 rings (SSSR count). The number of hydrogen-bond acceptors (Lipinski definition) is 3. The monoisotopic (exact) mass is 334 g/mol. The molecule has 0 radical (unpaired) electrons. The summed E-state index contributed by atoms with van der Waals surface area (Å²) in [6.45, 7) is 1.68. The molecule has 0 saturated heterocycles. The minimum atomic E-state index is -0.481. The predicted molar refractivity (Wildman–Crippen MR) is 85.9 cm³/mol. The van der Waals surface area contributed by atoms with Crippen molar-refractivity contribution >= 4 is 23.7 Å². The number of aryl methyl sites for hydroxylation is 2. The first-order valence-electron chi connectivity index (χ1n) is 7.25. The zero-order valence-electron chi connectivity index (χ0n) is 12.8. The van der Waals surface area contributed by atoms with Gasteiger partial charge >= 0.3 is 0 Å². The van der Waals surface area contributed by atoms with Crippen molar-refractivity contribution in [3.63, 3.8) is 0 Å². The number of amides is 1. The number of aromatic nitrogens is 2. The van der Waals surface area contributed by atoms with Crippen LogP contribution < -0.4 is 5.43 Å². The normalized spacial score (nSPS) is 20.0. The van der Waals surface area contributed by atoms with Gasteiger partial charge in [0.25, 0.3) is 0 Å². The SMILES string of the molecule is Cc1nn(C)c(F)c1/C=N\NC(=O)[C@H]1C[C@@H]1c1ccc(Cl)cc1. The summed E-state index contributed by atoms with van der Waals surface area (Å²) in [5, 5.41) is 8.46. The molecule has 2 aromatic rings. The van der Waals surface area contributed by atoms with E-state index in [1.165, 1.54) is 13.3 Å². The zero-order chi connectivity index (χ0) is 16.6. The van der Waals surface area contributed by atoms with Crippen LogP contribution in [0.15, 0.2) is 29.4 Å². The van der Waals surface area contributed by atoms with Gasteiger partial charge in [0.05, 0.1) is 17.5 Å². The van der Waals surface area contributed by atoms with Crippen LogP contribution in [0.5, 0.6) is 0 Å². The van der Waals surface area contributed by atoms with Crippen molar-refractivity contribution in [2.75, 3.05) is 0 Å². The molecule has 1 fully saturated rings. The average molecular weight is 335 g/mol. The number of rotatable bonds is 4. The maximum atomic E-state index is 13.7. The first kappa shape index (κ1) is 15.7. The molecule has 5 nitrogen and oxygen atoms in total. The minimum absolute atomic E-state index is 0.104. The molecular formula is C16H16ClFN4O. The fraction of sp³-hybridized carbons (Fsp3) is 0.312. The third-order valence-electron chi connectivity index (χ3n) is 3.99. The van der Waals surface area contributed by atoms with Gasteiger partial charge in [0, 0.05) is 18.0 Å². The second-order valence-electron chi connectivity index (χ2n) is 5.65. The summed E-state index contributed by atoms with van der Waals surface area (Å²) in [4.78, 5) is 12.1. The number of nitrogens with zero attached hydrogens (tertiary/aromatic N) is 3. The molecule has 1 aliphatic carbocycles. The van der Waals surface area contributed by atoms with Gasteiger partial charge < -0.3 is 0 Å². The van der Waals surface area contributed by atoms with Crippen LogP contribution in [0.3, 0.4) is 0 Å². The van der Waals surface area contributed by atoms with Gasteiger partial charge in [-0.05, 0) is 37.0 Å². The van der Waals surface area contributed by atoms with Gasteiger partial charge in [-0.1, -0.05) is 23.7 Å². The van der Waals surface area contributed by atoms with Crippen LogP contribution in [0.2, 0.25) is 5.02 Å². The highest BCUT2D eigenvalue weighted by molar-refractivity contribution is 6.30. The molecule has 1 N–H and O–H groups in total. The van der Waals surface area contributed by atoms with E-state index in [0.717, 1.165) is 16.7 Å². The molecule has 1 heterocycles. The summed E-state index contributed by atoms with van der Waals surface area (Å²) in [7, 11) is 1.51. The molecule has 0 spiro atoms. The molecule has 0 bridgehead atoms. The molecule has 23 heavy (non-hydrogen) atoms. The number of benzene rings is 1. The first-order valence-corrected chi connectivity index (χ1v) is 7.62. The summed E-state index contributed by atoms with van der Waals surface area (Å²) in [5.74, 6) is -0.554. The van der Waals surface area contributed by atoms with Crippen LogP contribution in [0.4, 0.5) is 4.39 Å². The Morgan fingerprint density at radius 2 is 2.17 bits per heavy atom. The summed E-state index contributed by atoms with van der Waals surface area (Å²) in [5.41, 5.74) is 4.36. The van der Waals surface area contributed by atoms with Gasteiger partial charge in [0.15, 0.2) is 0 Å². The zero-order valence-corrected chi connectivity index (χ0v) is 13.5. The van der Waals surface area contributed by atoms with Gasteiger partial charge in [-0.2, -0.15) is 14.6 Å². The van der Waals surface area contributed by atoms with Crippen LogP contribution in [0.1, 0.15) is 29.2 Å². The lowest BCUT2D eigenvalue weighted by molar-refractivity contribution is -0.122. The lowest BCUT2D eigenvalue weighted by Crippen LogP contribution is -2.20. The van der Waals surface area contributed by atoms with Crippen molar-refractivity contribution in [2.24, 2.45) is 18.1 Å². The smallest absolute Gasteiger partial charge is 0.243 e. The van der Waals surface area contributed by atoms with Crippen molar-refractivity contribution < 1.29 is 9.18 Å². The quantitative estimate of drug-likeness (QED) is 0.690. The highest BCUT2D eigenvalue weighted by Crippen LogP contribution is 2.47. The van der Waals surface area contributed by atoms with Crippen molar-refractivity contribution in [3.05, 3.63) is 52.1 Å². The highest BCUT2D eigenvalue weighted by atomic mass is 35.5. The summed E-state index contributed by atoms with van der Waals surface area (Å²) < 4.78 is 14.9. The molecule has 7 heteroatoms. The molecule has 0 unspecified atom stereocenters. The van der Waals surface area contributed by atoms with Gasteiger partial charge in [-0.25, -0.2) is 10.1 Å². The van der Waals surface area contributed by atoms with Crippen molar-refractivity contribution in [1.82, 2.24) is 15.2 Å². The number of nitrogens with one attached hydrogen (secondary N) is 1. The maximum absolute atomic E-state index is 13.7.